The van der Waals surface area contributed by atoms with E-state index in [0.717, 1.165) is 10.0 Å². The summed E-state index contributed by atoms with van der Waals surface area (Å²) in [5.74, 6) is -0.521. The molecule has 5 heteroatoms. The zero-order chi connectivity index (χ0) is 13.8. The molecular weight excluding hydrogens is 308 g/mol. The van der Waals surface area contributed by atoms with Gasteiger partial charge in [0.05, 0.1) is 6.04 Å². The molecule has 1 unspecified atom stereocenters. The molecule has 4 nitrogen and oxygen atoms in total. The molecule has 1 heterocycles. The van der Waals surface area contributed by atoms with Gasteiger partial charge in [0, 0.05) is 10.7 Å². The molecule has 0 radical (unpaired) electrons. The van der Waals surface area contributed by atoms with Gasteiger partial charge in [0.2, 0.25) is 0 Å². The molecule has 1 aromatic carbocycles. The number of carbonyl (C=O) groups is 1. The Bertz CT molecular complexity index is 602. The number of hydrogen-bond acceptors (Lipinski definition) is 3. The minimum Gasteiger partial charge on any atom is -0.505 e. The van der Waals surface area contributed by atoms with Crippen LogP contribution in [0.1, 0.15) is 29.0 Å². The Balaban J connectivity index is 2.13. The Labute approximate surface area is 119 Å². The number of rotatable bonds is 3. The molecule has 1 amide bonds. The summed E-state index contributed by atoms with van der Waals surface area (Å²) in [7, 11) is 0. The van der Waals surface area contributed by atoms with Crippen LogP contribution in [0.5, 0.6) is 5.75 Å². The molecule has 98 valence electrons. The number of aromatic nitrogens is 1. The Kier molecular flexibility index (Phi) is 4.16. The van der Waals surface area contributed by atoms with Crippen molar-refractivity contribution in [2.45, 2.75) is 13.0 Å². The van der Waals surface area contributed by atoms with Crippen molar-refractivity contribution < 1.29 is 9.90 Å². The van der Waals surface area contributed by atoms with E-state index >= 15 is 0 Å². The maximum Gasteiger partial charge on any atom is 0.274 e. The van der Waals surface area contributed by atoms with E-state index in [1.54, 1.807) is 6.07 Å². The van der Waals surface area contributed by atoms with Gasteiger partial charge in [-0.25, -0.2) is 4.98 Å². The fourth-order valence-electron chi connectivity index (χ4n) is 1.70. The van der Waals surface area contributed by atoms with Gasteiger partial charge in [-0.05, 0) is 36.8 Å². The Morgan fingerprint density at radius 3 is 2.84 bits per heavy atom. The van der Waals surface area contributed by atoms with Crippen LogP contribution in [-0.4, -0.2) is 16.0 Å². The topological polar surface area (TPSA) is 62.2 Å². The third-order valence-corrected chi connectivity index (χ3v) is 3.19. The lowest BCUT2D eigenvalue weighted by molar-refractivity contribution is 0.0932. The van der Waals surface area contributed by atoms with Gasteiger partial charge < -0.3 is 10.4 Å². The molecule has 0 aliphatic heterocycles. The Morgan fingerprint density at radius 2 is 2.16 bits per heavy atom. The van der Waals surface area contributed by atoms with Crippen LogP contribution in [0.3, 0.4) is 0 Å². The van der Waals surface area contributed by atoms with Gasteiger partial charge in [0.25, 0.3) is 5.91 Å². The van der Waals surface area contributed by atoms with E-state index in [-0.39, 0.29) is 17.5 Å². The van der Waals surface area contributed by atoms with Crippen LogP contribution in [-0.2, 0) is 0 Å². The SMILES string of the molecule is CC(NC(=O)c1ncccc1O)c1cccc(Br)c1. The van der Waals surface area contributed by atoms with Crippen LogP contribution < -0.4 is 5.32 Å². The molecule has 0 fully saturated rings. The lowest BCUT2D eigenvalue weighted by Gasteiger charge is -2.14. The largest absolute Gasteiger partial charge is 0.505 e. The minimum absolute atomic E-state index is 0.0318. The van der Waals surface area contributed by atoms with Crippen LogP contribution in [0.2, 0.25) is 0 Å². The number of nitrogens with zero attached hydrogens (tertiary/aromatic N) is 1. The quantitative estimate of drug-likeness (QED) is 0.913. The first-order valence-corrected chi connectivity index (χ1v) is 6.57. The van der Waals surface area contributed by atoms with Crippen molar-refractivity contribution in [1.82, 2.24) is 10.3 Å². The number of nitrogens with one attached hydrogen (secondary N) is 1. The first kappa shape index (κ1) is 13.5. The standard InChI is InChI=1S/C14H13BrN2O2/c1-9(10-4-2-5-11(15)8-10)17-14(19)13-12(18)6-3-7-16-13/h2-9,18H,1H3,(H,17,19). The van der Waals surface area contributed by atoms with Crippen molar-refractivity contribution in [2.24, 2.45) is 0 Å². The highest BCUT2D eigenvalue weighted by atomic mass is 79.9. The third-order valence-electron chi connectivity index (χ3n) is 2.70. The highest BCUT2D eigenvalue weighted by molar-refractivity contribution is 9.10. The van der Waals surface area contributed by atoms with Crippen LogP contribution in [0.25, 0.3) is 0 Å². The zero-order valence-corrected chi connectivity index (χ0v) is 11.9. The Hall–Kier alpha value is -1.88. The first-order valence-electron chi connectivity index (χ1n) is 5.78. The summed E-state index contributed by atoms with van der Waals surface area (Å²) >= 11 is 3.39. The average Bonchev–Trinajstić information content (AvgIpc) is 2.39. The van der Waals surface area contributed by atoms with Crippen molar-refractivity contribution in [3.63, 3.8) is 0 Å². The summed E-state index contributed by atoms with van der Waals surface area (Å²) in [5, 5.41) is 12.4. The summed E-state index contributed by atoms with van der Waals surface area (Å²) in [4.78, 5) is 15.9. The van der Waals surface area contributed by atoms with E-state index < -0.39 is 5.91 Å². The predicted molar refractivity (Wildman–Crippen MR) is 75.9 cm³/mol. The van der Waals surface area contributed by atoms with Crippen LogP contribution in [0.4, 0.5) is 0 Å². The van der Waals surface area contributed by atoms with E-state index in [1.165, 1.54) is 12.3 Å². The molecule has 1 atom stereocenters. The second-order valence-corrected chi connectivity index (χ2v) is 5.04. The van der Waals surface area contributed by atoms with Gasteiger partial charge in [-0.15, -0.1) is 0 Å². The second kappa shape index (κ2) is 5.84. The average molecular weight is 321 g/mol. The fraction of sp³-hybridized carbons (Fsp3) is 0.143. The second-order valence-electron chi connectivity index (χ2n) is 4.12. The first-order chi connectivity index (χ1) is 9.08. The number of pyridine rings is 1. The van der Waals surface area contributed by atoms with Gasteiger partial charge in [-0.3, -0.25) is 4.79 Å². The van der Waals surface area contributed by atoms with E-state index in [0.29, 0.717) is 0 Å². The van der Waals surface area contributed by atoms with Crippen molar-refractivity contribution in [3.05, 3.63) is 58.3 Å². The molecular formula is C14H13BrN2O2. The summed E-state index contributed by atoms with van der Waals surface area (Å²) in [6, 6.07) is 10.5. The van der Waals surface area contributed by atoms with E-state index in [2.05, 4.69) is 26.2 Å². The van der Waals surface area contributed by atoms with E-state index in [4.69, 9.17) is 0 Å². The normalized spacial score (nSPS) is 11.9. The smallest absolute Gasteiger partial charge is 0.274 e. The van der Waals surface area contributed by atoms with Crippen LogP contribution in [0.15, 0.2) is 47.1 Å². The molecule has 0 bridgehead atoms. The molecule has 19 heavy (non-hydrogen) atoms. The molecule has 2 rings (SSSR count). The predicted octanol–water partition coefficient (Wildman–Crippen LogP) is 3.04. The van der Waals surface area contributed by atoms with Crippen molar-refractivity contribution in [3.8, 4) is 5.75 Å². The van der Waals surface area contributed by atoms with Crippen molar-refractivity contribution in [1.29, 1.82) is 0 Å². The molecule has 0 saturated heterocycles. The van der Waals surface area contributed by atoms with Gasteiger partial charge in [-0.1, -0.05) is 28.1 Å². The number of amides is 1. The molecule has 0 aliphatic carbocycles. The van der Waals surface area contributed by atoms with Crippen LogP contribution in [0, 0.1) is 0 Å². The van der Waals surface area contributed by atoms with Gasteiger partial charge in [0.1, 0.15) is 5.75 Å². The van der Waals surface area contributed by atoms with Gasteiger partial charge in [0.15, 0.2) is 5.69 Å². The molecule has 0 spiro atoms. The van der Waals surface area contributed by atoms with E-state index in [1.807, 2.05) is 31.2 Å². The number of carbonyl (C=O) groups excluding carboxylic acids is 1. The van der Waals surface area contributed by atoms with Crippen LogP contribution >= 0.6 is 15.9 Å². The maximum atomic E-state index is 12.0. The lowest BCUT2D eigenvalue weighted by Crippen LogP contribution is -2.27. The molecule has 0 saturated carbocycles. The zero-order valence-electron chi connectivity index (χ0n) is 10.3. The number of benzene rings is 1. The van der Waals surface area contributed by atoms with E-state index in [9.17, 15) is 9.90 Å². The minimum atomic E-state index is -0.398. The highest BCUT2D eigenvalue weighted by Gasteiger charge is 2.15. The molecule has 2 N–H and O–H groups in total. The summed E-state index contributed by atoms with van der Waals surface area (Å²) < 4.78 is 0.951. The van der Waals surface area contributed by atoms with Crippen molar-refractivity contribution in [2.75, 3.05) is 0 Å². The lowest BCUT2D eigenvalue weighted by atomic mass is 10.1. The fourth-order valence-corrected chi connectivity index (χ4v) is 2.11. The molecule has 1 aromatic heterocycles. The summed E-state index contributed by atoms with van der Waals surface area (Å²) in [6.07, 6.45) is 1.47. The van der Waals surface area contributed by atoms with Gasteiger partial charge >= 0.3 is 0 Å². The number of aromatic hydroxyl groups is 1. The molecule has 2 aromatic rings. The summed E-state index contributed by atoms with van der Waals surface area (Å²) in [5.41, 5.74) is 1.00. The highest BCUT2D eigenvalue weighted by Crippen LogP contribution is 2.19. The number of halogens is 1. The maximum absolute atomic E-state index is 12.0. The monoisotopic (exact) mass is 320 g/mol. The van der Waals surface area contributed by atoms with Crippen molar-refractivity contribution >= 4 is 21.8 Å². The third kappa shape index (κ3) is 3.32. The van der Waals surface area contributed by atoms with Gasteiger partial charge in [-0.2, -0.15) is 0 Å². The Morgan fingerprint density at radius 1 is 1.37 bits per heavy atom. The molecule has 0 aliphatic rings. The number of hydrogen-bond donors (Lipinski definition) is 2. The summed E-state index contributed by atoms with van der Waals surface area (Å²) in [6.45, 7) is 1.87.